The number of halogens is 6. The summed E-state index contributed by atoms with van der Waals surface area (Å²) in [6.45, 7) is 0.995. The van der Waals surface area contributed by atoms with E-state index in [0.717, 1.165) is 12.1 Å². The lowest BCUT2D eigenvalue weighted by molar-refractivity contribution is -0.376. The minimum absolute atomic E-state index is 0.0244. The minimum atomic E-state index is -6.02. The van der Waals surface area contributed by atoms with Crippen LogP contribution in [-0.4, -0.2) is 54.7 Å². The fraction of sp³-hybridized carbons (Fsp3) is 0.364. The van der Waals surface area contributed by atoms with Gasteiger partial charge in [0.2, 0.25) is 0 Å². The van der Waals surface area contributed by atoms with Crippen LogP contribution in [0.15, 0.2) is 48.5 Å². The Balaban J connectivity index is 1.98. The van der Waals surface area contributed by atoms with Gasteiger partial charge in [0.1, 0.15) is 0 Å². The number of carbonyl (C=O) groups is 1. The lowest BCUT2D eigenvalue weighted by Gasteiger charge is -2.34. The SMILES string of the molecule is N#Cc1ccc(CN(C(=O)N2CCOCC2)c2ccc(C(O)(C(F)(F)F)C(F)(F)F)cc2)cc1. The number of nitriles is 1. The van der Waals surface area contributed by atoms with Gasteiger partial charge >= 0.3 is 18.4 Å². The summed E-state index contributed by atoms with van der Waals surface area (Å²) < 4.78 is 84.3. The van der Waals surface area contributed by atoms with Crippen molar-refractivity contribution >= 4 is 11.7 Å². The number of hydrogen-bond acceptors (Lipinski definition) is 4. The zero-order chi connectivity index (χ0) is 25.1. The van der Waals surface area contributed by atoms with Gasteiger partial charge in [-0.3, -0.25) is 4.90 Å². The highest BCUT2D eigenvalue weighted by Gasteiger charge is 2.71. The van der Waals surface area contributed by atoms with Crippen molar-refractivity contribution in [2.24, 2.45) is 0 Å². The average molecular weight is 487 g/mol. The second-order valence-corrected chi connectivity index (χ2v) is 7.53. The third kappa shape index (κ3) is 4.95. The number of carbonyl (C=O) groups excluding carboxylic acids is 1. The predicted octanol–water partition coefficient (Wildman–Crippen LogP) is 4.33. The highest BCUT2D eigenvalue weighted by atomic mass is 19.4. The molecule has 1 N–H and O–H groups in total. The molecule has 0 radical (unpaired) electrons. The van der Waals surface area contributed by atoms with Gasteiger partial charge in [-0.05, 0) is 29.8 Å². The molecule has 0 spiro atoms. The molecule has 2 aromatic carbocycles. The molecule has 1 fully saturated rings. The third-order valence-corrected chi connectivity index (χ3v) is 5.35. The Kier molecular flexibility index (Phi) is 7.09. The second kappa shape index (κ2) is 9.52. The van der Waals surface area contributed by atoms with Gasteiger partial charge in [0.15, 0.2) is 0 Å². The van der Waals surface area contributed by atoms with Crippen LogP contribution in [0.1, 0.15) is 16.7 Å². The van der Waals surface area contributed by atoms with Gasteiger partial charge in [-0.2, -0.15) is 31.6 Å². The molecule has 0 aromatic heterocycles. The van der Waals surface area contributed by atoms with Crippen LogP contribution < -0.4 is 4.90 Å². The summed E-state index contributed by atoms with van der Waals surface area (Å²) in [5.74, 6) is 0. The number of amides is 2. The Morgan fingerprint density at radius 2 is 1.50 bits per heavy atom. The normalized spacial score (nSPS) is 15.1. The molecule has 2 amide bonds. The molecule has 2 aromatic rings. The molecule has 0 saturated carbocycles. The number of urea groups is 1. The first-order valence-electron chi connectivity index (χ1n) is 9.98. The Morgan fingerprint density at radius 1 is 0.971 bits per heavy atom. The van der Waals surface area contributed by atoms with E-state index in [1.807, 2.05) is 6.07 Å². The van der Waals surface area contributed by atoms with E-state index in [1.54, 1.807) is 12.1 Å². The zero-order valence-electron chi connectivity index (χ0n) is 17.5. The summed E-state index contributed by atoms with van der Waals surface area (Å²) >= 11 is 0. The molecule has 0 bridgehead atoms. The van der Waals surface area contributed by atoms with Crippen LogP contribution in [0.2, 0.25) is 0 Å². The van der Waals surface area contributed by atoms with Gasteiger partial charge < -0.3 is 14.7 Å². The van der Waals surface area contributed by atoms with Crippen LogP contribution in [-0.2, 0) is 16.9 Å². The van der Waals surface area contributed by atoms with Crippen molar-refractivity contribution in [2.75, 3.05) is 31.2 Å². The first kappa shape index (κ1) is 25.3. The summed E-state index contributed by atoms with van der Waals surface area (Å²) in [6, 6.07) is 10.4. The van der Waals surface area contributed by atoms with Crippen molar-refractivity contribution in [2.45, 2.75) is 24.5 Å². The standard InChI is InChI=1S/C22H19F6N3O3/c23-21(24,25)20(33,22(26,27)28)17-5-7-18(8-6-17)31(19(32)30-9-11-34-12-10-30)14-16-3-1-15(13-29)2-4-16/h1-8,33H,9-12,14H2. The van der Waals surface area contributed by atoms with Crippen LogP contribution in [0.3, 0.4) is 0 Å². The molecular formula is C22H19F6N3O3. The molecule has 3 rings (SSSR count). The van der Waals surface area contributed by atoms with Crippen molar-refractivity contribution in [3.05, 3.63) is 65.2 Å². The molecule has 0 aliphatic carbocycles. The largest absolute Gasteiger partial charge is 0.430 e. The number of hydrogen-bond donors (Lipinski definition) is 1. The summed E-state index contributed by atoms with van der Waals surface area (Å²) in [4.78, 5) is 15.8. The van der Waals surface area contributed by atoms with Crippen LogP contribution >= 0.6 is 0 Å². The smallest absolute Gasteiger partial charge is 0.378 e. The molecule has 1 aliphatic rings. The number of ether oxygens (including phenoxy) is 1. The number of anilines is 1. The zero-order valence-corrected chi connectivity index (χ0v) is 17.5. The van der Waals surface area contributed by atoms with Crippen LogP contribution in [0.4, 0.5) is 36.8 Å². The minimum Gasteiger partial charge on any atom is -0.378 e. The maximum absolute atomic E-state index is 13.2. The highest BCUT2D eigenvalue weighted by molar-refractivity contribution is 5.92. The topological polar surface area (TPSA) is 76.8 Å². The number of benzene rings is 2. The molecule has 0 unspecified atom stereocenters. The maximum atomic E-state index is 13.2. The summed E-state index contributed by atoms with van der Waals surface area (Å²) in [7, 11) is 0. The van der Waals surface area contributed by atoms with Gasteiger partial charge in [0.25, 0.3) is 5.60 Å². The van der Waals surface area contributed by atoms with Gasteiger partial charge in [0, 0.05) is 24.3 Å². The highest BCUT2D eigenvalue weighted by Crippen LogP contribution is 2.50. The van der Waals surface area contributed by atoms with Crippen molar-refractivity contribution in [3.63, 3.8) is 0 Å². The Labute approximate surface area is 190 Å². The summed E-state index contributed by atoms with van der Waals surface area (Å²) in [5, 5.41) is 18.5. The number of alkyl halides is 6. The van der Waals surface area contributed by atoms with Gasteiger partial charge in [0.05, 0.1) is 31.4 Å². The number of rotatable bonds is 4. The molecule has 34 heavy (non-hydrogen) atoms. The van der Waals surface area contributed by atoms with Crippen molar-refractivity contribution < 1.29 is 41.0 Å². The van der Waals surface area contributed by atoms with Gasteiger partial charge in [-0.1, -0.05) is 24.3 Å². The van der Waals surface area contributed by atoms with E-state index in [9.17, 15) is 36.2 Å². The molecule has 0 atom stereocenters. The molecule has 1 saturated heterocycles. The van der Waals surface area contributed by atoms with Crippen molar-refractivity contribution in [1.29, 1.82) is 5.26 Å². The average Bonchev–Trinajstić information content (AvgIpc) is 2.81. The molecule has 6 nitrogen and oxygen atoms in total. The Morgan fingerprint density at radius 3 is 1.97 bits per heavy atom. The molecule has 182 valence electrons. The molecule has 12 heteroatoms. The van der Waals surface area contributed by atoms with E-state index >= 15 is 0 Å². The molecule has 1 heterocycles. The van der Waals surface area contributed by atoms with Gasteiger partial charge in [-0.25, -0.2) is 4.79 Å². The number of morpholine rings is 1. The quantitative estimate of drug-likeness (QED) is 0.652. The van der Waals surface area contributed by atoms with E-state index in [4.69, 9.17) is 10.00 Å². The van der Waals surface area contributed by atoms with E-state index in [-0.39, 0.29) is 38.5 Å². The lowest BCUT2D eigenvalue weighted by Crippen LogP contribution is -2.53. The number of aliphatic hydroxyl groups is 1. The number of nitrogens with zero attached hydrogens (tertiary/aromatic N) is 3. The van der Waals surface area contributed by atoms with Crippen molar-refractivity contribution in [1.82, 2.24) is 4.90 Å². The Hall–Kier alpha value is -3.30. The van der Waals surface area contributed by atoms with Gasteiger partial charge in [-0.15, -0.1) is 0 Å². The summed E-state index contributed by atoms with van der Waals surface area (Å²) in [6.07, 6.45) is -12.0. The van der Waals surface area contributed by atoms with E-state index in [1.165, 1.54) is 21.9 Å². The first-order valence-corrected chi connectivity index (χ1v) is 9.98. The fourth-order valence-corrected chi connectivity index (χ4v) is 3.43. The van der Waals surface area contributed by atoms with Crippen LogP contribution in [0.5, 0.6) is 0 Å². The van der Waals surface area contributed by atoms with Crippen molar-refractivity contribution in [3.8, 4) is 6.07 Å². The maximum Gasteiger partial charge on any atom is 0.430 e. The van der Waals surface area contributed by atoms with Crippen LogP contribution in [0.25, 0.3) is 0 Å². The summed E-state index contributed by atoms with van der Waals surface area (Å²) in [5.41, 5.74) is -5.51. The van der Waals surface area contributed by atoms with E-state index < -0.39 is 29.5 Å². The molecule has 1 aliphatic heterocycles. The van der Waals surface area contributed by atoms with E-state index in [2.05, 4.69) is 0 Å². The molecular weight excluding hydrogens is 468 g/mol. The van der Waals surface area contributed by atoms with Crippen LogP contribution in [0, 0.1) is 11.3 Å². The van der Waals surface area contributed by atoms with E-state index in [0.29, 0.717) is 23.3 Å². The fourth-order valence-electron chi connectivity index (χ4n) is 3.43. The third-order valence-electron chi connectivity index (χ3n) is 5.35. The monoisotopic (exact) mass is 487 g/mol. The Bertz CT molecular complexity index is 1030. The predicted molar refractivity (Wildman–Crippen MR) is 108 cm³/mol. The first-order chi connectivity index (χ1) is 15.9. The lowest BCUT2D eigenvalue weighted by atomic mass is 9.92. The second-order valence-electron chi connectivity index (χ2n) is 7.53.